The summed E-state index contributed by atoms with van der Waals surface area (Å²) in [6.45, 7) is 0.557. The summed E-state index contributed by atoms with van der Waals surface area (Å²) in [6.07, 6.45) is 3.96. The van der Waals surface area contributed by atoms with E-state index in [2.05, 4.69) is 5.32 Å². The van der Waals surface area contributed by atoms with Crippen molar-refractivity contribution in [1.82, 2.24) is 10.2 Å². The monoisotopic (exact) mass is 356 g/mol. The molecule has 2 aromatic carbocycles. The van der Waals surface area contributed by atoms with Crippen molar-refractivity contribution < 1.29 is 9.59 Å². The molecule has 0 unspecified atom stereocenters. The van der Waals surface area contributed by atoms with Gasteiger partial charge in [-0.3, -0.25) is 9.59 Å². The van der Waals surface area contributed by atoms with Crippen LogP contribution in [-0.2, 0) is 11.2 Å². The van der Waals surface area contributed by atoms with Crippen LogP contribution in [0.3, 0.4) is 0 Å². The Bertz CT molecular complexity index is 750. The maximum absolute atomic E-state index is 11.8. The van der Waals surface area contributed by atoms with Crippen LogP contribution >= 0.6 is 11.6 Å². The second kappa shape index (κ2) is 9.04. The van der Waals surface area contributed by atoms with Crippen LogP contribution < -0.4 is 5.32 Å². The predicted octanol–water partition coefficient (Wildman–Crippen LogP) is 3.41. The van der Waals surface area contributed by atoms with Crippen molar-refractivity contribution in [1.29, 1.82) is 0 Å². The van der Waals surface area contributed by atoms with E-state index in [1.165, 1.54) is 11.0 Å². The van der Waals surface area contributed by atoms with Gasteiger partial charge in [0.25, 0.3) is 5.91 Å². The SMILES string of the molecule is CN(C)C(=O)c1ccc(/C=C/C(=O)NCCc2ccc(Cl)cc2)cc1. The van der Waals surface area contributed by atoms with Gasteiger partial charge in [0.1, 0.15) is 0 Å². The van der Waals surface area contributed by atoms with Crippen molar-refractivity contribution in [2.24, 2.45) is 0 Å². The number of hydrogen-bond donors (Lipinski definition) is 1. The van der Waals surface area contributed by atoms with Gasteiger partial charge < -0.3 is 10.2 Å². The molecule has 2 aromatic rings. The van der Waals surface area contributed by atoms with Crippen LogP contribution in [0.1, 0.15) is 21.5 Å². The molecule has 0 bridgehead atoms. The molecule has 0 aromatic heterocycles. The molecule has 0 heterocycles. The molecule has 2 rings (SSSR count). The third-order valence-corrected chi connectivity index (χ3v) is 3.87. The first-order valence-electron chi connectivity index (χ1n) is 7.98. The Balaban J connectivity index is 1.81. The number of amides is 2. The first-order chi connectivity index (χ1) is 12.0. The molecule has 0 aliphatic carbocycles. The molecule has 0 radical (unpaired) electrons. The molecule has 0 aliphatic rings. The van der Waals surface area contributed by atoms with Crippen molar-refractivity contribution in [3.8, 4) is 0 Å². The van der Waals surface area contributed by atoms with E-state index in [1.54, 1.807) is 32.3 Å². The molecule has 0 saturated heterocycles. The fourth-order valence-electron chi connectivity index (χ4n) is 2.21. The summed E-state index contributed by atoms with van der Waals surface area (Å²) in [4.78, 5) is 25.2. The molecular weight excluding hydrogens is 336 g/mol. The molecule has 0 fully saturated rings. The normalized spacial score (nSPS) is 10.7. The van der Waals surface area contributed by atoms with E-state index in [1.807, 2.05) is 36.4 Å². The number of benzene rings is 2. The highest BCUT2D eigenvalue weighted by Gasteiger charge is 2.06. The third-order valence-electron chi connectivity index (χ3n) is 3.62. The van der Waals surface area contributed by atoms with Gasteiger partial charge in [-0.15, -0.1) is 0 Å². The van der Waals surface area contributed by atoms with Crippen molar-refractivity contribution in [2.75, 3.05) is 20.6 Å². The molecule has 2 amide bonds. The topological polar surface area (TPSA) is 49.4 Å². The summed E-state index contributed by atoms with van der Waals surface area (Å²) in [7, 11) is 3.43. The Morgan fingerprint density at radius 2 is 1.68 bits per heavy atom. The number of hydrogen-bond acceptors (Lipinski definition) is 2. The summed E-state index contributed by atoms with van der Waals surface area (Å²) in [5.74, 6) is -0.196. The van der Waals surface area contributed by atoms with Crippen LogP contribution in [0.2, 0.25) is 5.02 Å². The van der Waals surface area contributed by atoms with Gasteiger partial charge in [0.15, 0.2) is 0 Å². The van der Waals surface area contributed by atoms with Gasteiger partial charge in [-0.2, -0.15) is 0 Å². The van der Waals surface area contributed by atoms with Crippen LogP contribution in [0, 0.1) is 0 Å². The lowest BCUT2D eigenvalue weighted by Gasteiger charge is -2.09. The smallest absolute Gasteiger partial charge is 0.253 e. The average molecular weight is 357 g/mol. The largest absolute Gasteiger partial charge is 0.352 e. The second-order valence-electron chi connectivity index (χ2n) is 5.82. The highest BCUT2D eigenvalue weighted by atomic mass is 35.5. The number of nitrogens with zero attached hydrogens (tertiary/aromatic N) is 1. The summed E-state index contributed by atoms with van der Waals surface area (Å²) in [5, 5.41) is 3.54. The zero-order valence-electron chi connectivity index (χ0n) is 14.3. The summed E-state index contributed by atoms with van der Waals surface area (Å²) in [6, 6.07) is 14.7. The minimum Gasteiger partial charge on any atom is -0.352 e. The lowest BCUT2D eigenvalue weighted by atomic mass is 10.1. The molecule has 0 atom stereocenters. The van der Waals surface area contributed by atoms with Crippen LogP contribution in [0.5, 0.6) is 0 Å². The van der Waals surface area contributed by atoms with Gasteiger partial charge in [-0.05, 0) is 47.9 Å². The van der Waals surface area contributed by atoms with E-state index in [9.17, 15) is 9.59 Å². The Morgan fingerprint density at radius 3 is 2.28 bits per heavy atom. The Kier molecular flexibility index (Phi) is 6.78. The predicted molar refractivity (Wildman–Crippen MR) is 102 cm³/mol. The highest BCUT2D eigenvalue weighted by molar-refractivity contribution is 6.30. The van der Waals surface area contributed by atoms with E-state index in [-0.39, 0.29) is 11.8 Å². The lowest BCUT2D eigenvalue weighted by molar-refractivity contribution is -0.116. The van der Waals surface area contributed by atoms with Crippen molar-refractivity contribution in [3.63, 3.8) is 0 Å². The zero-order chi connectivity index (χ0) is 18.2. The van der Waals surface area contributed by atoms with Gasteiger partial charge in [0.05, 0.1) is 0 Å². The molecule has 0 saturated carbocycles. The molecule has 130 valence electrons. The van der Waals surface area contributed by atoms with Crippen molar-refractivity contribution >= 4 is 29.5 Å². The molecule has 1 N–H and O–H groups in total. The number of nitrogens with one attached hydrogen (secondary N) is 1. The number of carbonyl (C=O) groups is 2. The zero-order valence-corrected chi connectivity index (χ0v) is 15.1. The van der Waals surface area contributed by atoms with E-state index in [0.29, 0.717) is 17.1 Å². The first kappa shape index (κ1) is 18.7. The summed E-state index contributed by atoms with van der Waals surface area (Å²) >= 11 is 5.84. The Morgan fingerprint density at radius 1 is 1.04 bits per heavy atom. The van der Waals surface area contributed by atoms with Gasteiger partial charge in [0.2, 0.25) is 5.91 Å². The number of carbonyl (C=O) groups excluding carboxylic acids is 2. The van der Waals surface area contributed by atoms with E-state index < -0.39 is 0 Å². The minimum absolute atomic E-state index is 0.0459. The van der Waals surface area contributed by atoms with Gasteiger partial charge in [-0.25, -0.2) is 0 Å². The number of rotatable bonds is 6. The molecular formula is C20H21ClN2O2. The summed E-state index contributed by atoms with van der Waals surface area (Å²) < 4.78 is 0. The first-order valence-corrected chi connectivity index (χ1v) is 8.35. The van der Waals surface area contributed by atoms with Crippen LogP contribution in [0.4, 0.5) is 0 Å². The maximum Gasteiger partial charge on any atom is 0.253 e. The molecule has 4 nitrogen and oxygen atoms in total. The fraction of sp³-hybridized carbons (Fsp3) is 0.200. The molecule has 25 heavy (non-hydrogen) atoms. The third kappa shape index (κ3) is 6.08. The highest BCUT2D eigenvalue weighted by Crippen LogP contribution is 2.10. The van der Waals surface area contributed by atoms with Crippen LogP contribution in [0.15, 0.2) is 54.6 Å². The maximum atomic E-state index is 11.8. The second-order valence-corrected chi connectivity index (χ2v) is 6.26. The number of halogens is 1. The van der Waals surface area contributed by atoms with Crippen molar-refractivity contribution in [2.45, 2.75) is 6.42 Å². The Hall–Kier alpha value is -2.59. The van der Waals surface area contributed by atoms with Crippen LogP contribution in [-0.4, -0.2) is 37.4 Å². The van der Waals surface area contributed by atoms with Crippen LogP contribution in [0.25, 0.3) is 6.08 Å². The quantitative estimate of drug-likeness (QED) is 0.806. The molecule has 5 heteroatoms. The average Bonchev–Trinajstić information content (AvgIpc) is 2.61. The minimum atomic E-state index is -0.151. The van der Waals surface area contributed by atoms with E-state index in [0.717, 1.165) is 17.5 Å². The lowest BCUT2D eigenvalue weighted by Crippen LogP contribution is -2.23. The van der Waals surface area contributed by atoms with E-state index >= 15 is 0 Å². The molecule has 0 spiro atoms. The van der Waals surface area contributed by atoms with Gasteiger partial charge in [0, 0.05) is 37.3 Å². The Labute approximate surface area is 153 Å². The molecule has 0 aliphatic heterocycles. The van der Waals surface area contributed by atoms with E-state index in [4.69, 9.17) is 11.6 Å². The fourth-order valence-corrected chi connectivity index (χ4v) is 2.33. The van der Waals surface area contributed by atoms with Gasteiger partial charge >= 0.3 is 0 Å². The summed E-state index contributed by atoms with van der Waals surface area (Å²) in [5.41, 5.74) is 2.60. The standard InChI is InChI=1S/C20H21ClN2O2/c1-23(2)20(25)17-8-3-15(4-9-17)7-12-19(24)22-14-13-16-5-10-18(21)11-6-16/h3-12H,13-14H2,1-2H3,(H,22,24)/b12-7+. The van der Waals surface area contributed by atoms with Crippen molar-refractivity contribution in [3.05, 3.63) is 76.3 Å². The van der Waals surface area contributed by atoms with Gasteiger partial charge in [-0.1, -0.05) is 35.9 Å².